The normalized spacial score (nSPS) is 27.3. The molecule has 0 aromatic heterocycles. The predicted octanol–water partition coefficient (Wildman–Crippen LogP) is 2.61. The minimum atomic E-state index is -0.324. The zero-order chi connectivity index (χ0) is 14.4. The lowest BCUT2D eigenvalue weighted by Gasteiger charge is -2.39. The molecule has 0 amide bonds. The lowest BCUT2D eigenvalue weighted by atomic mass is 9.88. The van der Waals surface area contributed by atoms with Gasteiger partial charge in [0, 0.05) is 6.54 Å². The molecule has 0 bridgehead atoms. The number of nitrogens with zero attached hydrogens (tertiary/aromatic N) is 1. The van der Waals surface area contributed by atoms with Crippen molar-refractivity contribution in [2.24, 2.45) is 5.92 Å². The molecule has 4 nitrogen and oxygen atoms in total. The average Bonchev–Trinajstić information content (AvgIpc) is 2.85. The SMILES string of the molecule is CCCC1(C(=O)OCC)CCCN1CC1CCNCC1.Cl. The van der Waals surface area contributed by atoms with Gasteiger partial charge in [0.25, 0.3) is 0 Å². The van der Waals surface area contributed by atoms with Crippen molar-refractivity contribution in [3.05, 3.63) is 0 Å². The average molecular weight is 319 g/mol. The molecule has 0 aromatic rings. The largest absolute Gasteiger partial charge is 0.465 e. The number of hydrogen-bond acceptors (Lipinski definition) is 4. The van der Waals surface area contributed by atoms with Gasteiger partial charge in [-0.1, -0.05) is 13.3 Å². The Labute approximate surface area is 135 Å². The fourth-order valence-electron chi connectivity index (χ4n) is 3.87. The molecular formula is C16H31ClN2O2. The first-order chi connectivity index (χ1) is 9.73. The van der Waals surface area contributed by atoms with E-state index in [-0.39, 0.29) is 23.9 Å². The Balaban J connectivity index is 0.00000220. The summed E-state index contributed by atoms with van der Waals surface area (Å²) < 4.78 is 5.41. The molecule has 2 aliphatic rings. The summed E-state index contributed by atoms with van der Waals surface area (Å²) in [4.78, 5) is 15.0. The van der Waals surface area contributed by atoms with E-state index < -0.39 is 0 Å². The number of halogens is 1. The highest BCUT2D eigenvalue weighted by atomic mass is 35.5. The smallest absolute Gasteiger partial charge is 0.326 e. The maximum absolute atomic E-state index is 12.5. The number of rotatable bonds is 6. The van der Waals surface area contributed by atoms with Crippen LogP contribution in [0.1, 0.15) is 52.4 Å². The van der Waals surface area contributed by atoms with Crippen LogP contribution in [-0.4, -0.2) is 49.2 Å². The summed E-state index contributed by atoms with van der Waals surface area (Å²) in [5.74, 6) is 0.758. The molecule has 1 atom stereocenters. The van der Waals surface area contributed by atoms with E-state index in [2.05, 4.69) is 17.1 Å². The molecule has 0 saturated carbocycles. The standard InChI is InChI=1S/C16H30N2O2.ClH/c1-3-8-16(15(19)20-4-2)9-5-12-18(16)13-14-6-10-17-11-7-14;/h14,17H,3-13H2,1-2H3;1H. The van der Waals surface area contributed by atoms with E-state index in [4.69, 9.17) is 4.74 Å². The lowest BCUT2D eigenvalue weighted by molar-refractivity contribution is -0.157. The lowest BCUT2D eigenvalue weighted by Crippen LogP contribution is -2.53. The second-order valence-corrected chi connectivity index (χ2v) is 6.24. The molecule has 1 unspecified atom stereocenters. The van der Waals surface area contributed by atoms with Crippen molar-refractivity contribution < 1.29 is 9.53 Å². The first kappa shape index (κ1) is 18.7. The minimum Gasteiger partial charge on any atom is -0.465 e. The van der Waals surface area contributed by atoms with E-state index in [9.17, 15) is 4.79 Å². The number of esters is 1. The van der Waals surface area contributed by atoms with E-state index in [1.54, 1.807) is 0 Å². The zero-order valence-corrected chi connectivity index (χ0v) is 14.3. The summed E-state index contributed by atoms with van der Waals surface area (Å²) in [6, 6.07) is 0. The molecule has 2 heterocycles. The number of piperidine rings is 1. The molecule has 2 fully saturated rings. The van der Waals surface area contributed by atoms with Gasteiger partial charge in [0.05, 0.1) is 6.61 Å². The summed E-state index contributed by atoms with van der Waals surface area (Å²) in [6.45, 7) is 8.94. The Bertz CT molecular complexity index is 321. The third kappa shape index (κ3) is 4.33. The third-order valence-corrected chi connectivity index (χ3v) is 4.88. The zero-order valence-electron chi connectivity index (χ0n) is 13.5. The quantitative estimate of drug-likeness (QED) is 0.764. The van der Waals surface area contributed by atoms with Crippen LogP contribution in [0.4, 0.5) is 0 Å². The third-order valence-electron chi connectivity index (χ3n) is 4.88. The highest BCUT2D eigenvalue weighted by molar-refractivity contribution is 5.85. The van der Waals surface area contributed by atoms with Gasteiger partial charge in [0.1, 0.15) is 5.54 Å². The molecule has 2 rings (SSSR count). The van der Waals surface area contributed by atoms with Crippen LogP contribution in [0, 0.1) is 5.92 Å². The molecule has 5 heteroatoms. The maximum atomic E-state index is 12.5. The highest BCUT2D eigenvalue weighted by Crippen LogP contribution is 2.36. The Morgan fingerprint density at radius 1 is 1.33 bits per heavy atom. The summed E-state index contributed by atoms with van der Waals surface area (Å²) in [5, 5.41) is 3.42. The topological polar surface area (TPSA) is 41.6 Å². The first-order valence-electron chi connectivity index (χ1n) is 8.36. The summed E-state index contributed by atoms with van der Waals surface area (Å²) in [5.41, 5.74) is -0.324. The van der Waals surface area contributed by atoms with Crippen molar-refractivity contribution in [3.63, 3.8) is 0 Å². The van der Waals surface area contributed by atoms with Crippen LogP contribution >= 0.6 is 12.4 Å². The van der Waals surface area contributed by atoms with Crippen molar-refractivity contribution >= 4 is 18.4 Å². The van der Waals surface area contributed by atoms with E-state index in [1.165, 1.54) is 12.8 Å². The Hall–Kier alpha value is -0.320. The van der Waals surface area contributed by atoms with Gasteiger partial charge >= 0.3 is 5.97 Å². The molecule has 2 aliphatic heterocycles. The molecule has 124 valence electrons. The van der Waals surface area contributed by atoms with Crippen molar-refractivity contribution in [1.82, 2.24) is 10.2 Å². The second-order valence-electron chi connectivity index (χ2n) is 6.24. The van der Waals surface area contributed by atoms with Crippen LogP contribution in [0.15, 0.2) is 0 Å². The molecule has 0 radical (unpaired) electrons. The van der Waals surface area contributed by atoms with E-state index >= 15 is 0 Å². The molecular weight excluding hydrogens is 288 g/mol. The molecule has 0 aromatic carbocycles. The van der Waals surface area contributed by atoms with Gasteiger partial charge in [-0.25, -0.2) is 0 Å². The predicted molar refractivity (Wildman–Crippen MR) is 87.9 cm³/mol. The summed E-state index contributed by atoms with van der Waals surface area (Å²) in [7, 11) is 0. The van der Waals surface area contributed by atoms with Crippen LogP contribution < -0.4 is 5.32 Å². The highest BCUT2D eigenvalue weighted by Gasteiger charge is 2.48. The Morgan fingerprint density at radius 2 is 2.05 bits per heavy atom. The summed E-state index contributed by atoms with van der Waals surface area (Å²) in [6.07, 6.45) is 6.57. The Morgan fingerprint density at radius 3 is 2.67 bits per heavy atom. The van der Waals surface area contributed by atoms with Crippen LogP contribution in [0.3, 0.4) is 0 Å². The van der Waals surface area contributed by atoms with Crippen LogP contribution in [-0.2, 0) is 9.53 Å². The van der Waals surface area contributed by atoms with Crippen LogP contribution in [0.2, 0.25) is 0 Å². The van der Waals surface area contributed by atoms with Gasteiger partial charge in [-0.15, -0.1) is 12.4 Å². The Kier molecular flexibility index (Phi) is 7.99. The maximum Gasteiger partial charge on any atom is 0.326 e. The fraction of sp³-hybridized carbons (Fsp3) is 0.938. The number of ether oxygens (including phenoxy) is 1. The first-order valence-corrected chi connectivity index (χ1v) is 8.36. The van der Waals surface area contributed by atoms with Crippen molar-refractivity contribution in [2.75, 3.05) is 32.8 Å². The molecule has 0 aliphatic carbocycles. The molecule has 2 saturated heterocycles. The van der Waals surface area contributed by atoms with E-state index in [1.807, 2.05) is 6.92 Å². The van der Waals surface area contributed by atoms with Gasteiger partial charge in [0.2, 0.25) is 0 Å². The van der Waals surface area contributed by atoms with Crippen molar-refractivity contribution in [1.29, 1.82) is 0 Å². The van der Waals surface area contributed by atoms with Gasteiger partial charge in [-0.05, 0) is 64.6 Å². The number of hydrogen-bond donors (Lipinski definition) is 1. The number of carbonyl (C=O) groups is 1. The van der Waals surface area contributed by atoms with Crippen molar-refractivity contribution in [2.45, 2.75) is 57.9 Å². The fourth-order valence-corrected chi connectivity index (χ4v) is 3.87. The second kappa shape index (κ2) is 8.96. The number of likely N-dealkylation sites (tertiary alicyclic amines) is 1. The molecule has 1 N–H and O–H groups in total. The monoisotopic (exact) mass is 318 g/mol. The van der Waals surface area contributed by atoms with Gasteiger partial charge in [-0.2, -0.15) is 0 Å². The number of carbonyl (C=O) groups excluding carboxylic acids is 1. The van der Waals surface area contributed by atoms with E-state index in [0.717, 1.165) is 57.8 Å². The minimum absolute atomic E-state index is 0. The number of nitrogens with one attached hydrogen (secondary N) is 1. The van der Waals surface area contributed by atoms with E-state index in [0.29, 0.717) is 6.61 Å². The van der Waals surface area contributed by atoms with Crippen molar-refractivity contribution in [3.8, 4) is 0 Å². The molecule has 21 heavy (non-hydrogen) atoms. The van der Waals surface area contributed by atoms with Gasteiger partial charge < -0.3 is 10.1 Å². The summed E-state index contributed by atoms with van der Waals surface area (Å²) >= 11 is 0. The van der Waals surface area contributed by atoms with Gasteiger partial charge in [0.15, 0.2) is 0 Å². The van der Waals surface area contributed by atoms with Crippen LogP contribution in [0.5, 0.6) is 0 Å². The molecule has 0 spiro atoms. The van der Waals surface area contributed by atoms with Crippen LogP contribution in [0.25, 0.3) is 0 Å². The van der Waals surface area contributed by atoms with Gasteiger partial charge in [-0.3, -0.25) is 9.69 Å².